The molecule has 0 saturated heterocycles. The van der Waals surface area contributed by atoms with E-state index < -0.39 is 42.8 Å². The molecule has 0 saturated carbocycles. The molecule has 0 atom stereocenters. The van der Waals surface area contributed by atoms with Gasteiger partial charge in [0.1, 0.15) is 11.5 Å². The maximum Gasteiger partial charge on any atom is 0.267 e. The second-order valence-electron chi connectivity index (χ2n) is 5.40. The first-order valence-corrected chi connectivity index (χ1v) is 8.43. The van der Waals surface area contributed by atoms with Crippen LogP contribution in [-0.2, 0) is 20.2 Å². The highest BCUT2D eigenvalue weighted by Gasteiger charge is 2.25. The summed E-state index contributed by atoms with van der Waals surface area (Å²) in [5.74, 6) is -1.22. The van der Waals surface area contributed by atoms with Crippen molar-refractivity contribution in [2.75, 3.05) is 11.5 Å². The highest BCUT2D eigenvalue weighted by atomic mass is 32.2. The van der Waals surface area contributed by atoms with E-state index in [-0.39, 0.29) is 0 Å². The highest BCUT2D eigenvalue weighted by Crippen LogP contribution is 2.13. The molecule has 0 aromatic carbocycles. The quantitative estimate of drug-likeness (QED) is 0.541. The molecular weight excluding hydrogens is 296 g/mol. The van der Waals surface area contributed by atoms with Gasteiger partial charge >= 0.3 is 0 Å². The predicted molar refractivity (Wildman–Crippen MR) is 70.9 cm³/mol. The number of aliphatic imine (C=N–C) groups is 2. The minimum Gasteiger partial charge on any atom is -0.285 e. The molecular formula is C9H18N2O6S2. The van der Waals surface area contributed by atoms with Crippen molar-refractivity contribution in [3.05, 3.63) is 0 Å². The molecule has 10 heteroatoms. The fourth-order valence-electron chi connectivity index (χ4n) is 1.25. The summed E-state index contributed by atoms with van der Waals surface area (Å²) in [6.45, 7) is 5.77. The van der Waals surface area contributed by atoms with Gasteiger partial charge in [0.15, 0.2) is 0 Å². The molecule has 8 nitrogen and oxygen atoms in total. The van der Waals surface area contributed by atoms with Gasteiger partial charge in [-0.3, -0.25) is 9.11 Å². The minimum absolute atomic E-state index is 0.610. The van der Waals surface area contributed by atoms with Crippen LogP contribution >= 0.6 is 0 Å². The van der Waals surface area contributed by atoms with Gasteiger partial charge in [0, 0.05) is 0 Å². The van der Waals surface area contributed by atoms with Gasteiger partial charge in [-0.2, -0.15) is 16.8 Å². The average molecular weight is 314 g/mol. The van der Waals surface area contributed by atoms with E-state index in [1.807, 2.05) is 0 Å². The average Bonchev–Trinajstić information content (AvgIpc) is 1.90. The molecule has 0 bridgehead atoms. The van der Waals surface area contributed by atoms with Gasteiger partial charge < -0.3 is 0 Å². The van der Waals surface area contributed by atoms with Gasteiger partial charge in [-0.05, 0) is 27.7 Å². The lowest BCUT2D eigenvalue weighted by Crippen LogP contribution is -2.29. The Morgan fingerprint density at radius 2 is 1.11 bits per heavy atom. The van der Waals surface area contributed by atoms with Crippen LogP contribution in [0, 0.1) is 0 Å². The third kappa shape index (κ3) is 10.8. The van der Waals surface area contributed by atoms with Crippen molar-refractivity contribution >= 4 is 26.2 Å². The summed E-state index contributed by atoms with van der Waals surface area (Å²) in [7, 11) is -8.38. The van der Waals surface area contributed by atoms with E-state index in [0.717, 1.165) is 0 Å². The van der Waals surface area contributed by atoms with Gasteiger partial charge in [0.05, 0.1) is 17.1 Å². The van der Waals surface area contributed by atoms with Crippen LogP contribution < -0.4 is 0 Å². The first-order valence-electron chi connectivity index (χ1n) is 5.21. The molecule has 0 aliphatic heterocycles. The first kappa shape index (κ1) is 18.2. The van der Waals surface area contributed by atoms with Gasteiger partial charge in [-0.25, -0.2) is 9.98 Å². The summed E-state index contributed by atoms with van der Waals surface area (Å²) in [6.07, 6.45) is 0. The van der Waals surface area contributed by atoms with E-state index in [1.165, 1.54) is 27.7 Å². The zero-order valence-electron chi connectivity index (χ0n) is 11.2. The van der Waals surface area contributed by atoms with E-state index in [1.54, 1.807) is 0 Å². The van der Waals surface area contributed by atoms with Crippen LogP contribution in [0.5, 0.6) is 0 Å². The summed E-state index contributed by atoms with van der Waals surface area (Å²) >= 11 is 0. The zero-order valence-corrected chi connectivity index (χ0v) is 12.8. The Hall–Kier alpha value is -0.800. The fraction of sp³-hybridized carbons (Fsp3) is 0.889. The normalized spacial score (nSPS) is 13.8. The molecule has 0 aliphatic carbocycles. The molecule has 0 rings (SSSR count). The lowest BCUT2D eigenvalue weighted by atomic mass is 10.1. The standard InChI is InChI=1S/C9H18N2O6S2/c1-8(2,5-18(12,13)14)10-7-11-9(3,4)6-19(15,16)17/h5-6H2,1-4H3,(H,12,13,14)(H,15,16,17). The summed E-state index contributed by atoms with van der Waals surface area (Å²) in [5, 5.41) is 0. The molecule has 19 heavy (non-hydrogen) atoms. The molecule has 0 amide bonds. The van der Waals surface area contributed by atoms with Gasteiger partial charge in [-0.1, -0.05) is 0 Å². The summed E-state index contributed by atoms with van der Waals surface area (Å²) in [6, 6.07) is 2.21. The number of nitrogens with zero attached hydrogens (tertiary/aromatic N) is 2. The van der Waals surface area contributed by atoms with Crippen molar-refractivity contribution in [2.24, 2.45) is 9.98 Å². The van der Waals surface area contributed by atoms with Gasteiger partial charge in [-0.15, -0.1) is 0 Å². The lowest BCUT2D eigenvalue weighted by Gasteiger charge is -2.16. The van der Waals surface area contributed by atoms with E-state index in [2.05, 4.69) is 16.0 Å². The molecule has 2 N–H and O–H groups in total. The Kier molecular flexibility index (Phi) is 5.44. The smallest absolute Gasteiger partial charge is 0.267 e. The van der Waals surface area contributed by atoms with Crippen molar-refractivity contribution in [1.82, 2.24) is 0 Å². The largest absolute Gasteiger partial charge is 0.285 e. The Labute approximate surface area is 113 Å². The second kappa shape index (κ2) is 5.68. The van der Waals surface area contributed by atoms with Crippen LogP contribution in [0.2, 0.25) is 0 Å². The first-order chi connectivity index (χ1) is 8.12. The van der Waals surface area contributed by atoms with E-state index in [0.29, 0.717) is 0 Å². The van der Waals surface area contributed by atoms with Crippen molar-refractivity contribution in [3.63, 3.8) is 0 Å². The minimum atomic E-state index is -4.19. The van der Waals surface area contributed by atoms with Crippen molar-refractivity contribution in [3.8, 4) is 0 Å². The van der Waals surface area contributed by atoms with Crippen LogP contribution in [0.1, 0.15) is 27.7 Å². The van der Waals surface area contributed by atoms with E-state index in [9.17, 15) is 16.8 Å². The molecule has 0 unspecified atom stereocenters. The fourth-order valence-corrected chi connectivity index (χ4v) is 3.17. The van der Waals surface area contributed by atoms with Gasteiger partial charge in [0.2, 0.25) is 0 Å². The third-order valence-corrected chi connectivity index (χ3v) is 3.92. The lowest BCUT2D eigenvalue weighted by molar-refractivity contribution is 0.461. The molecule has 0 aliphatic rings. The van der Waals surface area contributed by atoms with Crippen LogP contribution in [0.4, 0.5) is 0 Å². The van der Waals surface area contributed by atoms with Crippen molar-refractivity contribution in [1.29, 1.82) is 0 Å². The predicted octanol–water partition coefficient (Wildman–Crippen LogP) is 0.493. The Morgan fingerprint density at radius 3 is 1.32 bits per heavy atom. The second-order valence-corrected chi connectivity index (χ2v) is 8.31. The number of hydrogen-bond acceptors (Lipinski definition) is 6. The Morgan fingerprint density at radius 1 is 0.842 bits per heavy atom. The summed E-state index contributed by atoms with van der Waals surface area (Å²) in [5.41, 5.74) is -2.30. The van der Waals surface area contributed by atoms with Crippen LogP contribution in [0.3, 0.4) is 0 Å². The van der Waals surface area contributed by atoms with Crippen molar-refractivity contribution < 1.29 is 25.9 Å². The Balaban J connectivity index is 5.02. The molecule has 0 aromatic rings. The van der Waals surface area contributed by atoms with Crippen molar-refractivity contribution in [2.45, 2.75) is 38.8 Å². The van der Waals surface area contributed by atoms with Crippen LogP contribution in [0.25, 0.3) is 0 Å². The van der Waals surface area contributed by atoms with Crippen LogP contribution in [0.15, 0.2) is 9.98 Å². The SMILES string of the molecule is CC(C)(CS(=O)(=O)O)N=C=NC(C)(C)CS(=O)(=O)O. The number of rotatable bonds is 6. The molecule has 112 valence electrons. The molecule has 0 fully saturated rings. The third-order valence-electron chi connectivity index (χ3n) is 1.78. The molecule has 0 radical (unpaired) electrons. The summed E-state index contributed by atoms with van der Waals surface area (Å²) < 4.78 is 60.3. The number of hydrogen-bond donors (Lipinski definition) is 2. The maximum atomic E-state index is 10.7. The summed E-state index contributed by atoms with van der Waals surface area (Å²) in [4.78, 5) is 7.45. The van der Waals surface area contributed by atoms with E-state index in [4.69, 9.17) is 9.11 Å². The molecule has 0 heterocycles. The monoisotopic (exact) mass is 314 g/mol. The zero-order chi connectivity index (χ0) is 15.5. The highest BCUT2D eigenvalue weighted by molar-refractivity contribution is 7.86. The van der Waals surface area contributed by atoms with Crippen LogP contribution in [-0.4, -0.2) is 54.5 Å². The maximum absolute atomic E-state index is 10.7. The van der Waals surface area contributed by atoms with Gasteiger partial charge in [0.25, 0.3) is 20.2 Å². The van der Waals surface area contributed by atoms with E-state index >= 15 is 0 Å². The molecule has 0 spiro atoms. The Bertz CT molecular complexity index is 532. The topological polar surface area (TPSA) is 133 Å². The molecule has 0 aromatic heterocycles.